The van der Waals surface area contributed by atoms with Crippen LogP contribution in [0.3, 0.4) is 0 Å². The summed E-state index contributed by atoms with van der Waals surface area (Å²) in [5, 5.41) is 1.92. The lowest BCUT2D eigenvalue weighted by atomic mass is 10.2. The molecule has 0 aliphatic carbocycles. The Morgan fingerprint density at radius 3 is 2.82 bits per heavy atom. The zero-order chi connectivity index (χ0) is 12.6. The van der Waals surface area contributed by atoms with Crippen LogP contribution in [0.4, 0.5) is 5.13 Å². The fourth-order valence-electron chi connectivity index (χ4n) is 1.81. The van der Waals surface area contributed by atoms with Gasteiger partial charge < -0.3 is 10.6 Å². The highest BCUT2D eigenvalue weighted by Gasteiger charge is 2.33. The predicted octanol–water partition coefficient (Wildman–Crippen LogP) is -0.0156. The summed E-state index contributed by atoms with van der Waals surface area (Å²) in [5.41, 5.74) is 5.73. The smallest absolute Gasteiger partial charge is 0.273 e. The Balaban J connectivity index is 2.11. The third kappa shape index (κ3) is 2.58. The lowest BCUT2D eigenvalue weighted by Gasteiger charge is -2.22. The maximum atomic E-state index is 12.0. The lowest BCUT2D eigenvalue weighted by Crippen LogP contribution is -2.38. The molecule has 1 atom stereocenters. The van der Waals surface area contributed by atoms with E-state index < -0.39 is 9.84 Å². The number of rotatable bonds is 2. The molecule has 1 aliphatic heterocycles. The molecule has 1 aromatic rings. The van der Waals surface area contributed by atoms with Gasteiger partial charge in [0, 0.05) is 18.5 Å². The molecule has 1 amide bonds. The van der Waals surface area contributed by atoms with Crippen LogP contribution in [-0.4, -0.2) is 48.8 Å². The Hall–Kier alpha value is -1.15. The number of carbonyl (C=O) groups is 1. The van der Waals surface area contributed by atoms with E-state index in [0.717, 1.165) is 0 Å². The van der Waals surface area contributed by atoms with Crippen LogP contribution >= 0.6 is 11.3 Å². The second-order valence-corrected chi connectivity index (χ2v) is 7.16. The minimum Gasteiger partial charge on any atom is -0.375 e. The molecule has 17 heavy (non-hydrogen) atoms. The Morgan fingerprint density at radius 2 is 2.35 bits per heavy atom. The highest BCUT2D eigenvalue weighted by atomic mass is 32.2. The average molecular weight is 275 g/mol. The topological polar surface area (TPSA) is 93.4 Å². The van der Waals surface area contributed by atoms with Crippen molar-refractivity contribution >= 4 is 32.2 Å². The van der Waals surface area contributed by atoms with Crippen molar-refractivity contribution in [2.45, 2.75) is 12.5 Å². The van der Waals surface area contributed by atoms with E-state index in [1.165, 1.54) is 16.2 Å². The molecule has 2 rings (SSSR count). The molecule has 1 aromatic heterocycles. The predicted molar refractivity (Wildman–Crippen MR) is 65.7 cm³/mol. The van der Waals surface area contributed by atoms with Gasteiger partial charge in [-0.3, -0.25) is 4.79 Å². The van der Waals surface area contributed by atoms with E-state index in [4.69, 9.17) is 5.73 Å². The normalized spacial score (nSPS) is 22.5. The van der Waals surface area contributed by atoms with Gasteiger partial charge in [0.2, 0.25) is 0 Å². The third-order valence-corrected chi connectivity index (χ3v) is 5.24. The van der Waals surface area contributed by atoms with Gasteiger partial charge in [0.05, 0.1) is 11.5 Å². The molecule has 1 unspecified atom stereocenters. The van der Waals surface area contributed by atoms with Crippen molar-refractivity contribution in [3.05, 3.63) is 11.1 Å². The average Bonchev–Trinajstić information content (AvgIpc) is 2.82. The summed E-state index contributed by atoms with van der Waals surface area (Å²) in [5.74, 6) is -0.0939. The second kappa shape index (κ2) is 4.26. The Labute approximate surface area is 103 Å². The molecule has 0 aromatic carbocycles. The van der Waals surface area contributed by atoms with E-state index >= 15 is 0 Å². The number of nitrogen functional groups attached to an aromatic ring is 1. The van der Waals surface area contributed by atoms with Gasteiger partial charge in [0.25, 0.3) is 5.91 Å². The molecule has 2 N–H and O–H groups in total. The minimum absolute atomic E-state index is 0.0366. The van der Waals surface area contributed by atoms with Crippen molar-refractivity contribution < 1.29 is 13.2 Å². The zero-order valence-corrected chi connectivity index (χ0v) is 10.9. The number of nitrogens with two attached hydrogens (primary N) is 1. The maximum absolute atomic E-state index is 12.0. The SMILES string of the molecule is CN(C(=O)c1csc(N)n1)C1CCS(=O)(=O)C1. The van der Waals surface area contributed by atoms with Gasteiger partial charge in [0.1, 0.15) is 5.69 Å². The zero-order valence-electron chi connectivity index (χ0n) is 9.29. The van der Waals surface area contributed by atoms with E-state index in [1.54, 1.807) is 12.4 Å². The number of sulfone groups is 1. The highest BCUT2D eigenvalue weighted by molar-refractivity contribution is 7.91. The van der Waals surface area contributed by atoms with Crippen LogP contribution in [0.25, 0.3) is 0 Å². The molecular formula is C9H13N3O3S2. The molecular weight excluding hydrogens is 262 g/mol. The molecule has 2 heterocycles. The van der Waals surface area contributed by atoms with Crippen molar-refractivity contribution in [3.8, 4) is 0 Å². The van der Waals surface area contributed by atoms with Crippen LogP contribution in [0.1, 0.15) is 16.9 Å². The first-order valence-electron chi connectivity index (χ1n) is 5.07. The summed E-state index contributed by atoms with van der Waals surface area (Å²) in [4.78, 5) is 17.3. The molecule has 0 radical (unpaired) electrons. The van der Waals surface area contributed by atoms with E-state index in [2.05, 4.69) is 4.98 Å². The van der Waals surface area contributed by atoms with Gasteiger partial charge in [-0.2, -0.15) is 0 Å². The third-order valence-electron chi connectivity index (χ3n) is 2.82. The summed E-state index contributed by atoms with van der Waals surface area (Å²) in [6.45, 7) is 0. The number of thiazole rings is 1. The minimum atomic E-state index is -2.99. The van der Waals surface area contributed by atoms with E-state index in [0.29, 0.717) is 11.6 Å². The fraction of sp³-hybridized carbons (Fsp3) is 0.556. The molecule has 0 saturated carbocycles. The standard InChI is InChI=1S/C9H13N3O3S2/c1-12(6-2-3-17(14,15)5-6)8(13)7-4-16-9(10)11-7/h4,6H,2-3,5H2,1H3,(H2,10,11). The second-order valence-electron chi connectivity index (χ2n) is 4.04. The first kappa shape index (κ1) is 12.3. The van der Waals surface area contributed by atoms with Gasteiger partial charge in [-0.1, -0.05) is 0 Å². The van der Waals surface area contributed by atoms with E-state index in [9.17, 15) is 13.2 Å². The van der Waals surface area contributed by atoms with Crippen molar-refractivity contribution in [2.75, 3.05) is 24.3 Å². The molecule has 0 spiro atoms. The summed E-state index contributed by atoms with van der Waals surface area (Å²) in [7, 11) is -1.39. The van der Waals surface area contributed by atoms with Crippen molar-refractivity contribution in [1.82, 2.24) is 9.88 Å². The van der Waals surface area contributed by atoms with Crippen LogP contribution < -0.4 is 5.73 Å². The van der Waals surface area contributed by atoms with Crippen LogP contribution in [-0.2, 0) is 9.84 Å². The van der Waals surface area contributed by atoms with Gasteiger partial charge in [-0.25, -0.2) is 13.4 Å². The molecule has 0 bridgehead atoms. The summed E-state index contributed by atoms with van der Waals surface area (Å²) < 4.78 is 22.7. The Kier molecular flexibility index (Phi) is 3.09. The number of nitrogens with zero attached hydrogens (tertiary/aromatic N) is 2. The van der Waals surface area contributed by atoms with Crippen LogP contribution in [0.5, 0.6) is 0 Å². The van der Waals surface area contributed by atoms with Crippen molar-refractivity contribution in [2.24, 2.45) is 0 Å². The van der Waals surface area contributed by atoms with Gasteiger partial charge in [0.15, 0.2) is 15.0 Å². The summed E-state index contributed by atoms with van der Waals surface area (Å²) in [6, 6.07) is -0.254. The van der Waals surface area contributed by atoms with Gasteiger partial charge >= 0.3 is 0 Å². The number of carbonyl (C=O) groups excluding carboxylic acids is 1. The monoisotopic (exact) mass is 275 g/mol. The molecule has 1 fully saturated rings. The largest absolute Gasteiger partial charge is 0.375 e. The number of aromatic nitrogens is 1. The number of hydrogen-bond acceptors (Lipinski definition) is 6. The van der Waals surface area contributed by atoms with Crippen molar-refractivity contribution in [1.29, 1.82) is 0 Å². The molecule has 8 heteroatoms. The quantitative estimate of drug-likeness (QED) is 0.819. The highest BCUT2D eigenvalue weighted by Crippen LogP contribution is 2.19. The van der Waals surface area contributed by atoms with Crippen LogP contribution in [0, 0.1) is 0 Å². The van der Waals surface area contributed by atoms with E-state index in [-0.39, 0.29) is 29.1 Å². The van der Waals surface area contributed by atoms with Crippen LogP contribution in [0.2, 0.25) is 0 Å². The van der Waals surface area contributed by atoms with E-state index in [1.807, 2.05) is 0 Å². The number of hydrogen-bond donors (Lipinski definition) is 1. The molecule has 1 aliphatic rings. The van der Waals surface area contributed by atoms with Crippen molar-refractivity contribution in [3.63, 3.8) is 0 Å². The number of amides is 1. The number of anilines is 1. The Bertz CT molecular complexity index is 537. The first-order chi connectivity index (χ1) is 7.89. The molecule has 1 saturated heterocycles. The van der Waals surface area contributed by atoms with Gasteiger partial charge in [-0.15, -0.1) is 11.3 Å². The Morgan fingerprint density at radius 1 is 1.65 bits per heavy atom. The fourth-order valence-corrected chi connectivity index (χ4v) is 4.12. The summed E-state index contributed by atoms with van der Waals surface area (Å²) in [6.07, 6.45) is 0.490. The molecule has 94 valence electrons. The van der Waals surface area contributed by atoms with Crippen LogP contribution in [0.15, 0.2) is 5.38 Å². The van der Waals surface area contributed by atoms with Gasteiger partial charge in [-0.05, 0) is 6.42 Å². The maximum Gasteiger partial charge on any atom is 0.273 e. The first-order valence-corrected chi connectivity index (χ1v) is 7.78. The molecule has 6 nitrogen and oxygen atoms in total. The summed E-state index contributed by atoms with van der Waals surface area (Å²) >= 11 is 1.19. The lowest BCUT2D eigenvalue weighted by molar-refractivity contribution is 0.0742.